The number of guanidine groups is 1. The van der Waals surface area contributed by atoms with Crippen LogP contribution in [0.1, 0.15) is 24.3 Å². The number of aliphatic imine (C=N–C) groups is 1. The molecule has 0 amide bonds. The van der Waals surface area contributed by atoms with E-state index < -0.39 is 0 Å². The van der Waals surface area contributed by atoms with Crippen LogP contribution >= 0.6 is 0 Å². The van der Waals surface area contributed by atoms with E-state index in [1.165, 1.54) is 5.69 Å². The van der Waals surface area contributed by atoms with Crippen molar-refractivity contribution in [3.8, 4) is 0 Å². The van der Waals surface area contributed by atoms with Gasteiger partial charge in [-0.05, 0) is 24.6 Å². The average molecular weight is 328 g/mol. The molecule has 0 saturated carbocycles. The standard InChI is InChI=1S/C19H28N4O/c1-5-20-19(23(3)15-17-12-9-13-22(17)2)21-14-18(24-4)16-10-7-6-8-11-16/h6-13,18H,5,14-15H2,1-4H3,(H,20,21). The molecule has 1 aromatic heterocycles. The van der Waals surface area contributed by atoms with Crippen molar-refractivity contribution in [3.05, 3.63) is 59.9 Å². The number of rotatable bonds is 7. The number of benzene rings is 1. The zero-order valence-corrected chi connectivity index (χ0v) is 15.1. The van der Waals surface area contributed by atoms with Crippen LogP contribution in [0.2, 0.25) is 0 Å². The monoisotopic (exact) mass is 328 g/mol. The van der Waals surface area contributed by atoms with Gasteiger partial charge in [0.15, 0.2) is 5.96 Å². The number of hydrogen-bond donors (Lipinski definition) is 1. The molecule has 5 heteroatoms. The highest BCUT2D eigenvalue weighted by Crippen LogP contribution is 2.16. The van der Waals surface area contributed by atoms with E-state index in [0.29, 0.717) is 6.54 Å². The highest BCUT2D eigenvalue weighted by atomic mass is 16.5. The Labute approximate surface area is 145 Å². The Bertz CT molecular complexity index is 636. The van der Waals surface area contributed by atoms with Gasteiger partial charge < -0.3 is 19.5 Å². The van der Waals surface area contributed by atoms with Crippen molar-refractivity contribution in [1.29, 1.82) is 0 Å². The molecule has 0 aliphatic heterocycles. The molecule has 0 radical (unpaired) electrons. The maximum atomic E-state index is 5.61. The number of ether oxygens (including phenoxy) is 1. The lowest BCUT2D eigenvalue weighted by Crippen LogP contribution is -2.39. The van der Waals surface area contributed by atoms with Crippen LogP contribution in [0, 0.1) is 0 Å². The first-order valence-corrected chi connectivity index (χ1v) is 8.33. The van der Waals surface area contributed by atoms with Crippen molar-refractivity contribution in [1.82, 2.24) is 14.8 Å². The minimum Gasteiger partial charge on any atom is -0.375 e. The molecular formula is C19H28N4O. The fraction of sp³-hybridized carbons (Fsp3) is 0.421. The fourth-order valence-corrected chi connectivity index (χ4v) is 2.60. The minimum atomic E-state index is -0.0386. The summed E-state index contributed by atoms with van der Waals surface area (Å²) >= 11 is 0. The summed E-state index contributed by atoms with van der Waals surface area (Å²) < 4.78 is 7.74. The summed E-state index contributed by atoms with van der Waals surface area (Å²) in [4.78, 5) is 6.90. The summed E-state index contributed by atoms with van der Waals surface area (Å²) in [6.07, 6.45) is 2.02. The predicted octanol–water partition coefficient (Wildman–Crippen LogP) is 2.81. The van der Waals surface area contributed by atoms with E-state index in [0.717, 1.165) is 24.6 Å². The minimum absolute atomic E-state index is 0.0386. The van der Waals surface area contributed by atoms with Crippen LogP contribution in [0.4, 0.5) is 0 Å². The van der Waals surface area contributed by atoms with Crippen molar-refractivity contribution in [3.63, 3.8) is 0 Å². The van der Waals surface area contributed by atoms with Gasteiger partial charge in [0.25, 0.3) is 0 Å². The largest absolute Gasteiger partial charge is 0.375 e. The zero-order valence-electron chi connectivity index (χ0n) is 15.1. The Morgan fingerprint density at radius 3 is 2.58 bits per heavy atom. The molecule has 0 bridgehead atoms. The fourth-order valence-electron chi connectivity index (χ4n) is 2.60. The molecule has 2 rings (SSSR count). The van der Waals surface area contributed by atoms with Crippen LogP contribution < -0.4 is 5.32 Å². The van der Waals surface area contributed by atoms with E-state index in [-0.39, 0.29) is 6.10 Å². The molecule has 24 heavy (non-hydrogen) atoms. The summed E-state index contributed by atoms with van der Waals surface area (Å²) in [6.45, 7) is 4.30. The average Bonchev–Trinajstić information content (AvgIpc) is 3.00. The van der Waals surface area contributed by atoms with Gasteiger partial charge in [0, 0.05) is 39.6 Å². The lowest BCUT2D eigenvalue weighted by Gasteiger charge is -2.23. The molecule has 1 aromatic carbocycles. The normalized spacial score (nSPS) is 12.9. The molecule has 0 aliphatic carbocycles. The van der Waals surface area contributed by atoms with Gasteiger partial charge in [-0.3, -0.25) is 4.99 Å². The SMILES string of the molecule is CCNC(=NCC(OC)c1ccccc1)N(C)Cc1cccn1C. The molecule has 2 aromatic rings. The van der Waals surface area contributed by atoms with E-state index in [1.54, 1.807) is 7.11 Å². The highest BCUT2D eigenvalue weighted by Gasteiger charge is 2.12. The predicted molar refractivity (Wildman–Crippen MR) is 99.1 cm³/mol. The van der Waals surface area contributed by atoms with E-state index in [2.05, 4.69) is 66.3 Å². The molecule has 0 fully saturated rings. The van der Waals surface area contributed by atoms with Gasteiger partial charge in [0.05, 0.1) is 13.1 Å². The molecule has 0 aliphatic rings. The van der Waals surface area contributed by atoms with E-state index in [4.69, 9.17) is 9.73 Å². The number of nitrogens with one attached hydrogen (secondary N) is 1. The van der Waals surface area contributed by atoms with Crippen molar-refractivity contribution < 1.29 is 4.74 Å². The zero-order chi connectivity index (χ0) is 17.4. The molecule has 1 N–H and O–H groups in total. The number of aromatic nitrogens is 1. The maximum Gasteiger partial charge on any atom is 0.194 e. The molecule has 5 nitrogen and oxygen atoms in total. The highest BCUT2D eigenvalue weighted by molar-refractivity contribution is 5.79. The second-order valence-electron chi connectivity index (χ2n) is 5.80. The Balaban J connectivity index is 2.07. The molecule has 1 unspecified atom stereocenters. The quantitative estimate of drug-likeness (QED) is 0.628. The molecular weight excluding hydrogens is 300 g/mol. The van der Waals surface area contributed by atoms with E-state index >= 15 is 0 Å². The summed E-state index contributed by atoms with van der Waals surface area (Å²) in [7, 11) is 5.84. The van der Waals surface area contributed by atoms with E-state index in [9.17, 15) is 0 Å². The Kier molecular flexibility index (Phi) is 6.88. The van der Waals surface area contributed by atoms with Gasteiger partial charge in [-0.1, -0.05) is 30.3 Å². The molecule has 1 heterocycles. The topological polar surface area (TPSA) is 41.8 Å². The number of nitrogens with zero attached hydrogens (tertiary/aromatic N) is 3. The van der Waals surface area contributed by atoms with Gasteiger partial charge in [0.1, 0.15) is 6.10 Å². The Morgan fingerprint density at radius 2 is 2.00 bits per heavy atom. The van der Waals surface area contributed by atoms with Gasteiger partial charge in [0.2, 0.25) is 0 Å². The van der Waals surface area contributed by atoms with E-state index in [1.807, 2.05) is 18.2 Å². The third-order valence-corrected chi connectivity index (χ3v) is 4.01. The van der Waals surface area contributed by atoms with Gasteiger partial charge in [-0.2, -0.15) is 0 Å². The van der Waals surface area contributed by atoms with Crippen LogP contribution in [-0.4, -0.2) is 42.7 Å². The van der Waals surface area contributed by atoms with Crippen LogP contribution in [0.3, 0.4) is 0 Å². The van der Waals surface area contributed by atoms with Crippen molar-refractivity contribution in [2.75, 3.05) is 27.2 Å². The molecule has 0 spiro atoms. The molecule has 0 saturated heterocycles. The second kappa shape index (κ2) is 9.13. The summed E-state index contributed by atoms with van der Waals surface area (Å²) in [5.41, 5.74) is 2.39. The summed E-state index contributed by atoms with van der Waals surface area (Å²) in [6, 6.07) is 14.4. The van der Waals surface area contributed by atoms with Crippen molar-refractivity contribution in [2.45, 2.75) is 19.6 Å². The van der Waals surface area contributed by atoms with Crippen LogP contribution in [0.15, 0.2) is 53.7 Å². The van der Waals surface area contributed by atoms with Crippen molar-refractivity contribution in [2.24, 2.45) is 12.0 Å². The van der Waals surface area contributed by atoms with Crippen LogP contribution in [-0.2, 0) is 18.3 Å². The first-order chi connectivity index (χ1) is 11.7. The Morgan fingerprint density at radius 1 is 1.25 bits per heavy atom. The van der Waals surface area contributed by atoms with Crippen LogP contribution in [0.25, 0.3) is 0 Å². The summed E-state index contributed by atoms with van der Waals surface area (Å²) in [5, 5.41) is 3.36. The van der Waals surface area contributed by atoms with Gasteiger partial charge in [-0.25, -0.2) is 0 Å². The van der Waals surface area contributed by atoms with Crippen molar-refractivity contribution >= 4 is 5.96 Å². The Hall–Kier alpha value is -2.27. The molecule has 130 valence electrons. The first-order valence-electron chi connectivity index (χ1n) is 8.33. The lowest BCUT2D eigenvalue weighted by molar-refractivity contribution is 0.110. The van der Waals surface area contributed by atoms with Gasteiger partial charge in [-0.15, -0.1) is 0 Å². The third-order valence-electron chi connectivity index (χ3n) is 4.01. The smallest absolute Gasteiger partial charge is 0.194 e. The lowest BCUT2D eigenvalue weighted by atomic mass is 10.1. The first kappa shape index (κ1) is 18.1. The number of hydrogen-bond acceptors (Lipinski definition) is 2. The third kappa shape index (κ3) is 4.86. The molecule has 1 atom stereocenters. The number of methoxy groups -OCH3 is 1. The number of aryl methyl sites for hydroxylation is 1. The second-order valence-corrected chi connectivity index (χ2v) is 5.80. The summed E-state index contributed by atoms with van der Waals surface area (Å²) in [5.74, 6) is 0.886. The maximum absolute atomic E-state index is 5.61. The van der Waals surface area contributed by atoms with Gasteiger partial charge >= 0.3 is 0 Å². The van der Waals surface area contributed by atoms with Crippen LogP contribution in [0.5, 0.6) is 0 Å².